The summed E-state index contributed by atoms with van der Waals surface area (Å²) in [6, 6.07) is -0.843. The van der Waals surface area contributed by atoms with E-state index >= 15 is 0 Å². The largest absolute Gasteiger partial charge is 0.480 e. The van der Waals surface area contributed by atoms with Gasteiger partial charge in [0, 0.05) is 0 Å². The first kappa shape index (κ1) is 11.7. The van der Waals surface area contributed by atoms with E-state index < -0.39 is 18.1 Å². The minimum absolute atomic E-state index is 0.240. The Morgan fingerprint density at radius 3 is 2.46 bits per heavy atom. The van der Waals surface area contributed by atoms with Gasteiger partial charge in [-0.2, -0.15) is 0 Å². The Balaban J connectivity index is 3.94. The van der Waals surface area contributed by atoms with Crippen LogP contribution in [0.2, 0.25) is 0 Å². The average Bonchev–Trinajstić information content (AvgIpc) is 2.04. The van der Waals surface area contributed by atoms with Gasteiger partial charge < -0.3 is 15.2 Å². The van der Waals surface area contributed by atoms with E-state index in [1.165, 1.54) is 0 Å². The third-order valence-corrected chi connectivity index (χ3v) is 1.44. The van der Waals surface area contributed by atoms with Crippen LogP contribution in [0.15, 0.2) is 0 Å². The molecule has 13 heavy (non-hydrogen) atoms. The maximum Gasteiger partial charge on any atom is 0.407 e. The van der Waals surface area contributed by atoms with E-state index in [2.05, 4.69) is 10.1 Å². The highest BCUT2D eigenvalue weighted by molar-refractivity contribution is 5.79. The maximum absolute atomic E-state index is 10.8. The Morgan fingerprint density at radius 1 is 1.46 bits per heavy atom. The minimum Gasteiger partial charge on any atom is -0.480 e. The number of rotatable bonds is 5. The predicted molar refractivity (Wildman–Crippen MR) is 46.5 cm³/mol. The van der Waals surface area contributed by atoms with Crippen molar-refractivity contribution < 1.29 is 19.4 Å². The minimum atomic E-state index is -1.03. The van der Waals surface area contributed by atoms with Crippen molar-refractivity contribution in [1.82, 2.24) is 5.32 Å². The average molecular weight is 189 g/mol. The highest BCUT2D eigenvalue weighted by Gasteiger charge is 2.18. The van der Waals surface area contributed by atoms with Crippen LogP contribution in [0.5, 0.6) is 0 Å². The number of alkyl carbamates (subject to hydrolysis) is 1. The van der Waals surface area contributed by atoms with Crippen molar-refractivity contribution in [2.75, 3.05) is 6.61 Å². The first-order valence-electron chi connectivity index (χ1n) is 4.27. The monoisotopic (exact) mass is 189 g/mol. The highest BCUT2D eigenvalue weighted by atomic mass is 16.5. The fourth-order valence-corrected chi connectivity index (χ4v) is 0.861. The number of amides is 1. The van der Waals surface area contributed by atoms with Crippen molar-refractivity contribution in [3.8, 4) is 0 Å². The molecule has 0 aromatic rings. The Kier molecular flexibility index (Phi) is 5.67. The van der Waals surface area contributed by atoms with Crippen molar-refractivity contribution in [1.29, 1.82) is 0 Å². The molecule has 0 saturated carbocycles. The van der Waals surface area contributed by atoms with Crippen molar-refractivity contribution in [2.24, 2.45) is 0 Å². The van der Waals surface area contributed by atoms with Gasteiger partial charge in [0.2, 0.25) is 0 Å². The number of nitrogens with one attached hydrogen (secondary N) is 1. The van der Waals surface area contributed by atoms with E-state index in [9.17, 15) is 9.59 Å². The lowest BCUT2D eigenvalue weighted by Gasteiger charge is -2.12. The Hall–Kier alpha value is -1.26. The van der Waals surface area contributed by atoms with Crippen molar-refractivity contribution in [3.05, 3.63) is 0 Å². The number of ether oxygens (including phenoxy) is 1. The lowest BCUT2D eigenvalue weighted by molar-refractivity contribution is -0.139. The zero-order chi connectivity index (χ0) is 10.3. The van der Waals surface area contributed by atoms with Gasteiger partial charge >= 0.3 is 12.1 Å². The number of carboxylic acid groups (broad SMARTS) is 1. The fourth-order valence-electron chi connectivity index (χ4n) is 0.861. The lowest BCUT2D eigenvalue weighted by atomic mass is 10.2. The summed E-state index contributed by atoms with van der Waals surface area (Å²) >= 11 is 0. The molecule has 1 atom stereocenters. The third-order valence-electron chi connectivity index (χ3n) is 1.44. The van der Waals surface area contributed by atoms with Gasteiger partial charge in [-0.25, -0.2) is 9.59 Å². The highest BCUT2D eigenvalue weighted by Crippen LogP contribution is 1.97. The number of carbonyl (C=O) groups is 2. The zero-order valence-corrected chi connectivity index (χ0v) is 7.87. The smallest absolute Gasteiger partial charge is 0.407 e. The summed E-state index contributed by atoms with van der Waals surface area (Å²) in [5.74, 6) is -1.03. The van der Waals surface area contributed by atoms with E-state index in [0.717, 1.165) is 0 Å². The lowest BCUT2D eigenvalue weighted by Crippen LogP contribution is -2.40. The molecule has 0 aliphatic heterocycles. The van der Waals surface area contributed by atoms with E-state index in [-0.39, 0.29) is 6.61 Å². The first-order valence-corrected chi connectivity index (χ1v) is 4.27. The normalized spacial score (nSPS) is 11.8. The van der Waals surface area contributed by atoms with Gasteiger partial charge in [0.15, 0.2) is 0 Å². The molecular weight excluding hydrogens is 174 g/mol. The molecule has 0 aliphatic rings. The summed E-state index contributed by atoms with van der Waals surface area (Å²) < 4.78 is 4.56. The quantitative estimate of drug-likeness (QED) is 0.676. The molecular formula is C8H15NO4. The standard InChI is InChI=1S/C8H15NO4/c1-3-5-6(7(10)11)9-8(12)13-4-2/h6H,3-5H2,1-2H3,(H,9,12)(H,10,11)/t6-/m1/s1. The van der Waals surface area contributed by atoms with Gasteiger partial charge in [-0.15, -0.1) is 0 Å². The number of carbonyl (C=O) groups excluding carboxylic acids is 1. The third kappa shape index (κ3) is 5.05. The summed E-state index contributed by atoms with van der Waals surface area (Å²) in [5.41, 5.74) is 0. The van der Waals surface area contributed by atoms with Gasteiger partial charge in [-0.1, -0.05) is 13.3 Å². The molecule has 0 radical (unpaired) electrons. The Bertz CT molecular complexity index is 181. The maximum atomic E-state index is 10.8. The molecule has 1 amide bonds. The summed E-state index contributed by atoms with van der Waals surface area (Å²) in [6.07, 6.45) is 0.431. The van der Waals surface area contributed by atoms with Crippen molar-refractivity contribution in [2.45, 2.75) is 32.7 Å². The second-order valence-corrected chi connectivity index (χ2v) is 2.54. The Morgan fingerprint density at radius 2 is 2.08 bits per heavy atom. The fraction of sp³-hybridized carbons (Fsp3) is 0.750. The van der Waals surface area contributed by atoms with E-state index in [0.29, 0.717) is 12.8 Å². The molecule has 0 saturated heterocycles. The van der Waals surface area contributed by atoms with Gasteiger partial charge in [0.25, 0.3) is 0 Å². The number of hydrogen-bond acceptors (Lipinski definition) is 3. The van der Waals surface area contributed by atoms with Crippen LogP contribution < -0.4 is 5.32 Å². The summed E-state index contributed by atoms with van der Waals surface area (Å²) in [6.45, 7) is 3.75. The van der Waals surface area contributed by atoms with E-state index in [4.69, 9.17) is 5.11 Å². The number of aliphatic carboxylic acids is 1. The second kappa shape index (κ2) is 6.28. The SMILES string of the molecule is CCC[C@@H](NC(=O)OCC)C(=O)O. The van der Waals surface area contributed by atoms with Crippen LogP contribution in [0.1, 0.15) is 26.7 Å². The molecule has 0 unspecified atom stereocenters. The van der Waals surface area contributed by atoms with Crippen LogP contribution in [0.4, 0.5) is 4.79 Å². The molecule has 0 bridgehead atoms. The molecule has 0 aromatic carbocycles. The summed E-state index contributed by atoms with van der Waals surface area (Å²) in [7, 11) is 0. The van der Waals surface area contributed by atoms with Crippen molar-refractivity contribution in [3.63, 3.8) is 0 Å². The summed E-state index contributed by atoms with van der Waals surface area (Å²) in [4.78, 5) is 21.4. The zero-order valence-electron chi connectivity index (χ0n) is 7.87. The van der Waals surface area contributed by atoms with Crippen LogP contribution in [0.25, 0.3) is 0 Å². The van der Waals surface area contributed by atoms with Gasteiger partial charge in [-0.05, 0) is 13.3 Å². The molecule has 5 heteroatoms. The molecule has 2 N–H and O–H groups in total. The van der Waals surface area contributed by atoms with Crippen LogP contribution in [0, 0.1) is 0 Å². The van der Waals surface area contributed by atoms with E-state index in [1.807, 2.05) is 6.92 Å². The summed E-state index contributed by atoms with van der Waals surface area (Å²) in [5, 5.41) is 10.9. The van der Waals surface area contributed by atoms with Crippen molar-refractivity contribution >= 4 is 12.1 Å². The molecule has 76 valence electrons. The molecule has 0 fully saturated rings. The van der Waals surface area contributed by atoms with Crippen LogP contribution in [-0.4, -0.2) is 29.8 Å². The topological polar surface area (TPSA) is 75.6 Å². The van der Waals surface area contributed by atoms with Gasteiger partial charge in [0.1, 0.15) is 6.04 Å². The Labute approximate surface area is 77.1 Å². The molecule has 0 aromatic heterocycles. The second-order valence-electron chi connectivity index (χ2n) is 2.54. The molecule has 0 heterocycles. The molecule has 0 aliphatic carbocycles. The van der Waals surface area contributed by atoms with Crippen LogP contribution in [0.3, 0.4) is 0 Å². The van der Waals surface area contributed by atoms with E-state index in [1.54, 1.807) is 6.92 Å². The van der Waals surface area contributed by atoms with Gasteiger partial charge in [0.05, 0.1) is 6.61 Å². The molecule has 0 spiro atoms. The molecule has 5 nitrogen and oxygen atoms in total. The number of carboxylic acids is 1. The number of hydrogen-bond donors (Lipinski definition) is 2. The first-order chi connectivity index (χ1) is 6.11. The predicted octanol–water partition coefficient (Wildman–Crippen LogP) is 0.986. The molecule has 0 rings (SSSR count). The van der Waals surface area contributed by atoms with Gasteiger partial charge in [-0.3, -0.25) is 0 Å². The van der Waals surface area contributed by atoms with Crippen LogP contribution in [-0.2, 0) is 9.53 Å². The van der Waals surface area contributed by atoms with Crippen LogP contribution >= 0.6 is 0 Å².